The topological polar surface area (TPSA) is 48.3 Å². The minimum atomic E-state index is 0.722. The second kappa shape index (κ2) is 8.44. The molecule has 1 aromatic carbocycles. The van der Waals surface area contributed by atoms with Gasteiger partial charge < -0.3 is 19.4 Å². The molecule has 2 rings (SSSR count). The highest BCUT2D eigenvalue weighted by Gasteiger charge is 2.02. The van der Waals surface area contributed by atoms with E-state index in [9.17, 15) is 0 Å². The van der Waals surface area contributed by atoms with E-state index in [1.54, 1.807) is 14.2 Å². The van der Waals surface area contributed by atoms with Gasteiger partial charge >= 0.3 is 0 Å². The van der Waals surface area contributed by atoms with E-state index < -0.39 is 0 Å². The molecule has 21 heavy (non-hydrogen) atoms. The van der Waals surface area contributed by atoms with Crippen LogP contribution in [0.1, 0.15) is 11.3 Å². The van der Waals surface area contributed by atoms with Crippen molar-refractivity contribution >= 4 is 0 Å². The fourth-order valence-corrected chi connectivity index (χ4v) is 2.13. The molecule has 0 fully saturated rings. The van der Waals surface area contributed by atoms with Crippen LogP contribution in [-0.2, 0) is 24.2 Å². The quantitative estimate of drug-likeness (QED) is 0.716. The highest BCUT2D eigenvalue weighted by atomic mass is 16.5. The zero-order chi connectivity index (χ0) is 14.9. The molecule has 0 amide bonds. The molecule has 0 aliphatic carbocycles. The number of hydrogen-bond donors (Lipinski definition) is 1. The lowest BCUT2D eigenvalue weighted by molar-refractivity contribution is 0.199. The molecule has 1 aromatic heterocycles. The van der Waals surface area contributed by atoms with Gasteiger partial charge in [-0.1, -0.05) is 12.1 Å². The molecule has 0 atom stereocenters. The van der Waals surface area contributed by atoms with Crippen LogP contribution in [0.4, 0.5) is 0 Å². The number of nitrogens with zero attached hydrogens (tertiary/aromatic N) is 2. The first-order chi connectivity index (χ1) is 10.3. The van der Waals surface area contributed by atoms with Gasteiger partial charge in [-0.2, -0.15) is 0 Å². The lowest BCUT2D eigenvalue weighted by Gasteiger charge is -2.09. The fraction of sp³-hybridized carbons (Fsp3) is 0.438. The molecule has 0 aliphatic rings. The number of hydrogen-bond acceptors (Lipinski definition) is 4. The van der Waals surface area contributed by atoms with Crippen LogP contribution in [0, 0.1) is 0 Å². The molecule has 2 aromatic rings. The number of rotatable bonds is 9. The first kappa shape index (κ1) is 15.5. The summed E-state index contributed by atoms with van der Waals surface area (Å²) >= 11 is 0. The summed E-state index contributed by atoms with van der Waals surface area (Å²) in [6.45, 7) is 3.31. The number of benzene rings is 1. The largest absolute Gasteiger partial charge is 0.497 e. The van der Waals surface area contributed by atoms with Gasteiger partial charge in [-0.05, 0) is 24.1 Å². The van der Waals surface area contributed by atoms with Gasteiger partial charge in [0.1, 0.15) is 5.75 Å². The zero-order valence-electron chi connectivity index (χ0n) is 12.7. The third-order valence-corrected chi connectivity index (χ3v) is 3.39. The van der Waals surface area contributed by atoms with Crippen molar-refractivity contribution in [3.8, 4) is 5.75 Å². The number of imidazole rings is 1. The van der Waals surface area contributed by atoms with Gasteiger partial charge in [0.05, 0.1) is 25.7 Å². The molecule has 0 unspecified atom stereocenters. The Morgan fingerprint density at radius 3 is 2.71 bits per heavy atom. The molecule has 1 heterocycles. The highest BCUT2D eigenvalue weighted by molar-refractivity contribution is 5.27. The first-order valence-corrected chi connectivity index (χ1v) is 7.15. The number of aryl methyl sites for hydroxylation is 2. The van der Waals surface area contributed by atoms with Gasteiger partial charge in [-0.3, -0.25) is 0 Å². The van der Waals surface area contributed by atoms with E-state index in [1.807, 2.05) is 24.7 Å². The van der Waals surface area contributed by atoms with Crippen LogP contribution in [0.3, 0.4) is 0 Å². The van der Waals surface area contributed by atoms with Gasteiger partial charge in [0.2, 0.25) is 0 Å². The maximum absolute atomic E-state index is 5.17. The Morgan fingerprint density at radius 1 is 1.19 bits per heavy atom. The highest BCUT2D eigenvalue weighted by Crippen LogP contribution is 2.12. The number of ether oxygens (including phenoxy) is 2. The van der Waals surface area contributed by atoms with Crippen LogP contribution in [0.5, 0.6) is 5.75 Å². The van der Waals surface area contributed by atoms with E-state index in [-0.39, 0.29) is 0 Å². The minimum absolute atomic E-state index is 0.722. The Kier molecular flexibility index (Phi) is 6.24. The summed E-state index contributed by atoms with van der Waals surface area (Å²) in [4.78, 5) is 4.23. The average molecular weight is 289 g/mol. The van der Waals surface area contributed by atoms with Gasteiger partial charge in [-0.15, -0.1) is 0 Å². The summed E-state index contributed by atoms with van der Waals surface area (Å²) in [5, 5.41) is 3.34. The lowest BCUT2D eigenvalue weighted by Crippen LogP contribution is -2.20. The van der Waals surface area contributed by atoms with E-state index >= 15 is 0 Å². The third kappa shape index (κ3) is 4.88. The van der Waals surface area contributed by atoms with Crippen molar-refractivity contribution in [1.29, 1.82) is 0 Å². The van der Waals surface area contributed by atoms with Gasteiger partial charge in [0, 0.05) is 32.9 Å². The van der Waals surface area contributed by atoms with E-state index in [2.05, 4.69) is 27.0 Å². The molecule has 1 N–H and O–H groups in total. The molecule has 0 aliphatic heterocycles. The van der Waals surface area contributed by atoms with E-state index in [0.29, 0.717) is 0 Å². The van der Waals surface area contributed by atoms with Crippen molar-refractivity contribution in [2.75, 3.05) is 27.4 Å². The normalized spacial score (nSPS) is 10.8. The van der Waals surface area contributed by atoms with E-state index in [0.717, 1.165) is 38.4 Å². The monoisotopic (exact) mass is 289 g/mol. The average Bonchev–Trinajstić information content (AvgIpc) is 2.97. The Labute approximate surface area is 125 Å². The van der Waals surface area contributed by atoms with Gasteiger partial charge in [-0.25, -0.2) is 4.98 Å². The summed E-state index contributed by atoms with van der Waals surface area (Å²) in [6.07, 6.45) is 4.77. The van der Waals surface area contributed by atoms with Crippen molar-refractivity contribution in [3.63, 3.8) is 0 Å². The molecular weight excluding hydrogens is 266 g/mol. The van der Waals surface area contributed by atoms with E-state index in [4.69, 9.17) is 9.47 Å². The van der Waals surface area contributed by atoms with E-state index in [1.165, 1.54) is 11.3 Å². The SMILES string of the molecule is COCCNCc1cncn1CCc1ccc(OC)cc1. The number of aromatic nitrogens is 2. The minimum Gasteiger partial charge on any atom is -0.497 e. The van der Waals surface area contributed by atoms with Crippen LogP contribution < -0.4 is 10.1 Å². The fourth-order valence-electron chi connectivity index (χ4n) is 2.13. The van der Waals surface area contributed by atoms with Crippen LogP contribution in [-0.4, -0.2) is 36.9 Å². The van der Waals surface area contributed by atoms with Crippen molar-refractivity contribution in [2.24, 2.45) is 0 Å². The standard InChI is InChI=1S/C16H23N3O2/c1-20-10-8-17-11-15-12-18-13-19(15)9-7-14-3-5-16(21-2)6-4-14/h3-6,12-13,17H,7-11H2,1-2H3. The Morgan fingerprint density at radius 2 is 2.00 bits per heavy atom. The van der Waals surface area contributed by atoms with Crippen molar-refractivity contribution < 1.29 is 9.47 Å². The molecular formula is C16H23N3O2. The predicted octanol–water partition coefficient (Wildman–Crippen LogP) is 1.87. The third-order valence-electron chi connectivity index (χ3n) is 3.39. The molecule has 5 nitrogen and oxygen atoms in total. The van der Waals surface area contributed by atoms with Crippen LogP contribution in [0.25, 0.3) is 0 Å². The maximum atomic E-state index is 5.17. The van der Waals surface area contributed by atoms with Gasteiger partial charge in [0.15, 0.2) is 0 Å². The lowest BCUT2D eigenvalue weighted by atomic mass is 10.1. The van der Waals surface area contributed by atoms with Crippen LogP contribution in [0.2, 0.25) is 0 Å². The van der Waals surface area contributed by atoms with Crippen molar-refractivity contribution in [3.05, 3.63) is 48.0 Å². The van der Waals surface area contributed by atoms with Crippen LogP contribution in [0.15, 0.2) is 36.8 Å². The molecule has 5 heteroatoms. The Hall–Kier alpha value is -1.85. The second-order valence-electron chi connectivity index (χ2n) is 4.85. The Bertz CT molecular complexity index is 523. The smallest absolute Gasteiger partial charge is 0.118 e. The molecule has 0 saturated heterocycles. The first-order valence-electron chi connectivity index (χ1n) is 7.15. The summed E-state index contributed by atoms with van der Waals surface area (Å²) in [5.41, 5.74) is 2.49. The summed E-state index contributed by atoms with van der Waals surface area (Å²) in [5.74, 6) is 0.893. The predicted molar refractivity (Wildman–Crippen MR) is 82.5 cm³/mol. The van der Waals surface area contributed by atoms with Crippen molar-refractivity contribution in [1.82, 2.24) is 14.9 Å². The summed E-state index contributed by atoms with van der Waals surface area (Å²) < 4.78 is 12.4. The van der Waals surface area contributed by atoms with Crippen molar-refractivity contribution in [2.45, 2.75) is 19.5 Å². The molecule has 0 spiro atoms. The second-order valence-corrected chi connectivity index (χ2v) is 4.85. The maximum Gasteiger partial charge on any atom is 0.118 e. The molecule has 0 saturated carbocycles. The summed E-state index contributed by atoms with van der Waals surface area (Å²) in [7, 11) is 3.39. The Balaban J connectivity index is 1.83. The summed E-state index contributed by atoms with van der Waals surface area (Å²) in [6, 6.07) is 8.20. The number of methoxy groups -OCH3 is 2. The molecule has 114 valence electrons. The molecule has 0 bridgehead atoms. The van der Waals surface area contributed by atoms with Crippen LogP contribution >= 0.6 is 0 Å². The number of nitrogens with one attached hydrogen (secondary N) is 1. The molecule has 0 radical (unpaired) electrons. The van der Waals surface area contributed by atoms with Gasteiger partial charge in [0.25, 0.3) is 0 Å². The zero-order valence-corrected chi connectivity index (χ0v) is 12.7.